The van der Waals surface area contributed by atoms with E-state index in [2.05, 4.69) is 4.74 Å². The molecule has 0 amide bonds. The minimum Gasteiger partial charge on any atom is -0.384 e. The molecule has 0 aliphatic carbocycles. The van der Waals surface area contributed by atoms with Crippen molar-refractivity contribution in [1.29, 1.82) is 0 Å². The van der Waals surface area contributed by atoms with Crippen LogP contribution in [-0.2, 0) is 4.74 Å². The molecule has 1 unspecified atom stereocenters. The van der Waals surface area contributed by atoms with Gasteiger partial charge in [0.05, 0.1) is 0 Å². The summed E-state index contributed by atoms with van der Waals surface area (Å²) in [7, 11) is 0. The second kappa shape index (κ2) is 4.83. The van der Waals surface area contributed by atoms with Crippen LogP contribution < -0.4 is 0 Å². The lowest BCUT2D eigenvalue weighted by atomic mass is 10.2. The smallest absolute Gasteiger partial charge is 0.384 e. The van der Waals surface area contributed by atoms with E-state index in [1.165, 1.54) is 0 Å². The maximum absolute atomic E-state index is 11.6. The number of aliphatic hydroxyl groups excluding tert-OH is 1. The topological polar surface area (TPSA) is 29.5 Å². The molecule has 2 nitrogen and oxygen atoms in total. The van der Waals surface area contributed by atoms with Gasteiger partial charge >= 0.3 is 12.4 Å². The normalized spacial score (nSPS) is 15.6. The van der Waals surface area contributed by atoms with Crippen LogP contribution in [0.5, 0.6) is 0 Å². The summed E-state index contributed by atoms with van der Waals surface area (Å²) in [5.41, 5.74) is 0. The van der Waals surface area contributed by atoms with Crippen molar-refractivity contribution < 1.29 is 36.2 Å². The molecule has 0 spiro atoms. The molecule has 0 fully saturated rings. The molecule has 0 heterocycles. The van der Waals surface area contributed by atoms with Gasteiger partial charge in [-0.1, -0.05) is 0 Å². The lowest BCUT2D eigenvalue weighted by Crippen LogP contribution is -2.30. The number of rotatable bonds is 4. The van der Waals surface area contributed by atoms with Gasteiger partial charge in [0.25, 0.3) is 0 Å². The number of alkyl halides is 6. The van der Waals surface area contributed by atoms with Crippen LogP contribution in [0.4, 0.5) is 26.3 Å². The third-order valence-electron chi connectivity index (χ3n) is 1.18. The maximum Gasteiger partial charge on any atom is 0.414 e. The maximum atomic E-state index is 11.6. The number of aliphatic hydroxyl groups is 1. The fraction of sp³-hybridized carbons (Fsp3) is 1.00. The van der Waals surface area contributed by atoms with Crippen LogP contribution in [0.25, 0.3) is 0 Å². The molecule has 0 radical (unpaired) electrons. The molecule has 0 saturated heterocycles. The standard InChI is InChI=1S/C6H8F6O2/c7-5(8,9)3-14-2-1-4(13)6(10,11)12/h4,13H,1-3H2. The van der Waals surface area contributed by atoms with Crippen molar-refractivity contribution >= 4 is 0 Å². The van der Waals surface area contributed by atoms with Gasteiger partial charge in [-0.2, -0.15) is 26.3 Å². The van der Waals surface area contributed by atoms with Gasteiger partial charge in [-0.15, -0.1) is 0 Å². The zero-order chi connectivity index (χ0) is 11.4. The Kier molecular flexibility index (Phi) is 4.66. The van der Waals surface area contributed by atoms with E-state index in [9.17, 15) is 26.3 Å². The van der Waals surface area contributed by atoms with Gasteiger partial charge in [-0.25, -0.2) is 0 Å². The number of hydrogen-bond donors (Lipinski definition) is 1. The van der Waals surface area contributed by atoms with Crippen LogP contribution >= 0.6 is 0 Å². The second-order valence-corrected chi connectivity index (χ2v) is 2.51. The minimum absolute atomic E-state index is 0.791. The van der Waals surface area contributed by atoms with Crippen molar-refractivity contribution in [2.45, 2.75) is 24.9 Å². The fourth-order valence-electron chi connectivity index (χ4n) is 0.547. The Morgan fingerprint density at radius 1 is 1.07 bits per heavy atom. The molecule has 0 rings (SSSR count). The number of halogens is 6. The minimum atomic E-state index is -4.82. The van der Waals surface area contributed by atoms with E-state index >= 15 is 0 Å². The molecule has 0 bridgehead atoms. The molecule has 14 heavy (non-hydrogen) atoms. The predicted molar refractivity (Wildman–Crippen MR) is 33.6 cm³/mol. The van der Waals surface area contributed by atoms with Crippen molar-refractivity contribution in [2.24, 2.45) is 0 Å². The molecule has 0 aromatic rings. The summed E-state index contributed by atoms with van der Waals surface area (Å²) >= 11 is 0. The van der Waals surface area contributed by atoms with Crippen LogP contribution in [-0.4, -0.2) is 36.8 Å². The summed E-state index contributed by atoms with van der Waals surface area (Å²) in [4.78, 5) is 0. The van der Waals surface area contributed by atoms with Gasteiger partial charge in [-0.05, 0) is 0 Å². The Morgan fingerprint density at radius 2 is 1.57 bits per heavy atom. The third kappa shape index (κ3) is 6.96. The summed E-state index contributed by atoms with van der Waals surface area (Å²) in [5, 5.41) is 8.33. The molecule has 86 valence electrons. The summed E-state index contributed by atoms with van der Waals surface area (Å²) in [6.45, 7) is -2.40. The Balaban J connectivity index is 3.56. The second-order valence-electron chi connectivity index (χ2n) is 2.51. The van der Waals surface area contributed by atoms with Crippen LogP contribution in [0.2, 0.25) is 0 Å². The molecular weight excluding hydrogens is 218 g/mol. The summed E-state index contributed by atoms with van der Waals surface area (Å²) in [6, 6.07) is 0. The van der Waals surface area contributed by atoms with Crippen molar-refractivity contribution in [3.05, 3.63) is 0 Å². The lowest BCUT2D eigenvalue weighted by molar-refractivity contribution is -0.213. The van der Waals surface area contributed by atoms with Crippen molar-refractivity contribution in [1.82, 2.24) is 0 Å². The fourth-order valence-corrected chi connectivity index (χ4v) is 0.547. The van der Waals surface area contributed by atoms with Gasteiger partial charge in [-0.3, -0.25) is 0 Å². The average Bonchev–Trinajstić information content (AvgIpc) is 1.93. The monoisotopic (exact) mass is 226 g/mol. The highest BCUT2D eigenvalue weighted by Crippen LogP contribution is 2.22. The number of hydrogen-bond acceptors (Lipinski definition) is 2. The Morgan fingerprint density at radius 3 is 1.93 bits per heavy atom. The molecular formula is C6H8F6O2. The summed E-state index contributed by atoms with van der Waals surface area (Å²) in [6.07, 6.45) is -12.9. The van der Waals surface area contributed by atoms with E-state index < -0.39 is 38.1 Å². The van der Waals surface area contributed by atoms with Crippen LogP contribution in [0.1, 0.15) is 6.42 Å². The highest BCUT2D eigenvalue weighted by atomic mass is 19.4. The zero-order valence-corrected chi connectivity index (χ0v) is 6.82. The van der Waals surface area contributed by atoms with Gasteiger partial charge in [0.2, 0.25) is 0 Å². The third-order valence-corrected chi connectivity index (χ3v) is 1.18. The van der Waals surface area contributed by atoms with Crippen molar-refractivity contribution in [3.8, 4) is 0 Å². The zero-order valence-electron chi connectivity index (χ0n) is 6.82. The van der Waals surface area contributed by atoms with E-state index in [1.807, 2.05) is 0 Å². The Bertz CT molecular complexity index is 163. The molecule has 0 saturated carbocycles. The van der Waals surface area contributed by atoms with E-state index in [0.717, 1.165) is 0 Å². The summed E-state index contributed by atoms with van der Waals surface area (Å²) < 4.78 is 72.8. The quantitative estimate of drug-likeness (QED) is 0.585. The Labute approximate surface area is 75.5 Å². The van der Waals surface area contributed by atoms with Gasteiger partial charge in [0.15, 0.2) is 6.10 Å². The van der Waals surface area contributed by atoms with E-state index in [4.69, 9.17) is 5.11 Å². The van der Waals surface area contributed by atoms with Crippen LogP contribution in [0.3, 0.4) is 0 Å². The van der Waals surface area contributed by atoms with Crippen LogP contribution in [0, 0.1) is 0 Å². The molecule has 0 aromatic carbocycles. The van der Waals surface area contributed by atoms with Crippen molar-refractivity contribution in [2.75, 3.05) is 13.2 Å². The van der Waals surface area contributed by atoms with Crippen molar-refractivity contribution in [3.63, 3.8) is 0 Å². The number of ether oxygens (including phenoxy) is 1. The molecule has 8 heteroatoms. The van der Waals surface area contributed by atoms with E-state index in [-0.39, 0.29) is 0 Å². The molecule has 0 aliphatic heterocycles. The Hall–Kier alpha value is -0.500. The van der Waals surface area contributed by atoms with Gasteiger partial charge in [0.1, 0.15) is 6.61 Å². The van der Waals surface area contributed by atoms with Gasteiger partial charge < -0.3 is 9.84 Å². The summed E-state index contributed by atoms with van der Waals surface area (Å²) in [5.74, 6) is 0. The highest BCUT2D eigenvalue weighted by molar-refractivity contribution is 4.64. The first-order chi connectivity index (χ1) is 6.13. The first kappa shape index (κ1) is 13.5. The van der Waals surface area contributed by atoms with E-state index in [0.29, 0.717) is 0 Å². The largest absolute Gasteiger partial charge is 0.414 e. The molecule has 1 atom stereocenters. The molecule has 0 aromatic heterocycles. The first-order valence-corrected chi connectivity index (χ1v) is 3.52. The SMILES string of the molecule is OC(CCOCC(F)(F)F)C(F)(F)F. The average molecular weight is 226 g/mol. The lowest BCUT2D eigenvalue weighted by Gasteiger charge is -2.14. The van der Waals surface area contributed by atoms with Crippen LogP contribution in [0.15, 0.2) is 0 Å². The highest BCUT2D eigenvalue weighted by Gasteiger charge is 2.38. The van der Waals surface area contributed by atoms with Gasteiger partial charge in [0, 0.05) is 13.0 Å². The predicted octanol–water partition coefficient (Wildman–Crippen LogP) is 1.88. The van der Waals surface area contributed by atoms with E-state index in [1.54, 1.807) is 0 Å². The molecule has 1 N–H and O–H groups in total. The first-order valence-electron chi connectivity index (χ1n) is 3.52. The molecule has 0 aliphatic rings.